The van der Waals surface area contributed by atoms with Crippen LogP contribution in [0.5, 0.6) is 0 Å². The monoisotopic (exact) mass is 311 g/mol. The topological polar surface area (TPSA) is 49.0 Å². The molecule has 0 aromatic heterocycles. The molecule has 0 fully saturated rings. The zero-order chi connectivity index (χ0) is 15.3. The van der Waals surface area contributed by atoms with Crippen LogP contribution < -0.4 is 5.32 Å². The molecule has 0 radical (unpaired) electrons. The van der Waals surface area contributed by atoms with Crippen molar-refractivity contribution in [1.29, 1.82) is 0 Å². The van der Waals surface area contributed by atoms with Crippen molar-refractivity contribution < 1.29 is 18.9 Å². The summed E-state index contributed by atoms with van der Waals surface area (Å²) in [5.74, 6) is 0. The predicted molar refractivity (Wildman–Crippen MR) is 87.7 cm³/mol. The molecule has 0 bridgehead atoms. The van der Waals surface area contributed by atoms with Gasteiger partial charge in [-0.1, -0.05) is 13.8 Å². The van der Waals surface area contributed by atoms with Gasteiger partial charge in [0, 0.05) is 6.54 Å². The van der Waals surface area contributed by atoms with Crippen LogP contribution in [0, 0.1) is 0 Å². The van der Waals surface area contributed by atoms with E-state index in [0.29, 0.717) is 39.6 Å². The van der Waals surface area contributed by atoms with E-state index in [2.05, 4.69) is 12.0 Å². The molecule has 124 valence electrons. The van der Waals surface area contributed by atoms with Crippen LogP contribution in [0.3, 0.4) is 0 Å². The maximum Gasteiger partial charge on any atom is 0.0701 e. The van der Waals surface area contributed by atoms with Gasteiger partial charge in [0.25, 0.3) is 0 Å². The Labute approximate surface area is 126 Å². The molecule has 0 aliphatic rings. The Morgan fingerprint density at radius 2 is 1.10 bits per heavy atom. The second kappa shape index (κ2) is 24.3. The summed E-state index contributed by atoms with van der Waals surface area (Å²) in [7, 11) is 2.87. The maximum atomic E-state index is 5.37. The molecule has 0 saturated carbocycles. The normalized spacial score (nSPS) is 10.8. The van der Waals surface area contributed by atoms with Crippen molar-refractivity contribution in [1.82, 2.24) is 5.32 Å². The molecule has 0 spiro atoms. The van der Waals surface area contributed by atoms with Gasteiger partial charge in [0.1, 0.15) is 0 Å². The smallest absolute Gasteiger partial charge is 0.0701 e. The largest absolute Gasteiger partial charge is 0.379 e. The molecule has 0 rings (SSSR count). The number of likely N-dealkylation sites (N-methyl/N-ethyl adjacent to an activating group) is 1. The quantitative estimate of drug-likeness (QED) is 0.368. The highest BCUT2D eigenvalue weighted by Gasteiger charge is 1.92. The fraction of sp³-hybridized carbons (Fsp3) is 1.00. The molecule has 6 heteroatoms. The average molecular weight is 311 g/mol. The third-order valence-electron chi connectivity index (χ3n) is 2.11. The van der Waals surface area contributed by atoms with Crippen molar-refractivity contribution in [2.24, 2.45) is 0 Å². The molecule has 0 amide bonds. The van der Waals surface area contributed by atoms with Crippen LogP contribution in [0.15, 0.2) is 0 Å². The van der Waals surface area contributed by atoms with Gasteiger partial charge in [0.05, 0.1) is 52.9 Å². The summed E-state index contributed by atoms with van der Waals surface area (Å²) in [6, 6.07) is 0. The molecule has 1 atom stereocenters. The highest BCUT2D eigenvalue weighted by molar-refractivity contribution is 7.37. The number of nitrogens with one attached hydrogen (secondary N) is 1. The van der Waals surface area contributed by atoms with Gasteiger partial charge in [0.15, 0.2) is 0 Å². The number of rotatable bonds is 15. The maximum absolute atomic E-state index is 5.37. The highest BCUT2D eigenvalue weighted by atomic mass is 31.1. The van der Waals surface area contributed by atoms with E-state index < -0.39 is 0 Å². The Balaban J connectivity index is 0. The summed E-state index contributed by atoms with van der Waals surface area (Å²) >= 11 is 0. The molecule has 0 aromatic carbocycles. The Hall–Kier alpha value is 0.230. The molecule has 0 aromatic rings. The second-order valence-corrected chi connectivity index (χ2v) is 4.86. The Kier molecular flexibility index (Phi) is 27.3. The van der Waals surface area contributed by atoms with Crippen LogP contribution in [0.4, 0.5) is 0 Å². The molecule has 0 aliphatic heterocycles. The zero-order valence-electron chi connectivity index (χ0n) is 13.7. The minimum absolute atomic E-state index is 0.617. The first-order valence-corrected chi connectivity index (χ1v) is 9.22. The average Bonchev–Trinajstić information content (AvgIpc) is 2.50. The van der Waals surface area contributed by atoms with Crippen LogP contribution in [-0.4, -0.2) is 79.3 Å². The highest BCUT2D eigenvalue weighted by Crippen LogP contribution is 1.99. The Morgan fingerprint density at radius 1 is 0.700 bits per heavy atom. The lowest BCUT2D eigenvalue weighted by Crippen LogP contribution is -2.17. The summed E-state index contributed by atoms with van der Waals surface area (Å²) in [4.78, 5) is 0. The Morgan fingerprint density at radius 3 is 1.50 bits per heavy atom. The molecule has 0 heterocycles. The standard InChI is InChI=1S/C12H28NO4P.C2H6/c1-13-3-4-14-5-6-15-7-8-16-9-10-17-11-12-18-2;1-2/h13,18H,3-12H2,1-2H3;1-2H3. The molecule has 0 saturated heterocycles. The SMILES string of the molecule is CC.CNCCOCCOCCOCCOCCPC. The summed E-state index contributed by atoms with van der Waals surface area (Å²) in [5, 5.41) is 3.01. The summed E-state index contributed by atoms with van der Waals surface area (Å²) < 4.78 is 21.4. The molecular weight excluding hydrogens is 277 g/mol. The Bertz CT molecular complexity index is 137. The van der Waals surface area contributed by atoms with E-state index in [4.69, 9.17) is 18.9 Å². The number of ether oxygens (including phenoxy) is 4. The van der Waals surface area contributed by atoms with Crippen molar-refractivity contribution in [2.45, 2.75) is 13.8 Å². The van der Waals surface area contributed by atoms with Gasteiger partial charge in [-0.3, -0.25) is 0 Å². The first kappa shape index (κ1) is 22.5. The first-order chi connectivity index (χ1) is 9.91. The lowest BCUT2D eigenvalue weighted by atomic mass is 10.6. The van der Waals surface area contributed by atoms with Gasteiger partial charge in [-0.05, 0) is 19.9 Å². The van der Waals surface area contributed by atoms with Gasteiger partial charge in [0.2, 0.25) is 0 Å². The third-order valence-corrected chi connectivity index (χ3v) is 2.81. The predicted octanol–water partition coefficient (Wildman–Crippen LogP) is 1.61. The van der Waals surface area contributed by atoms with Crippen molar-refractivity contribution >= 4 is 8.58 Å². The van der Waals surface area contributed by atoms with Crippen molar-refractivity contribution in [3.8, 4) is 0 Å². The lowest BCUT2D eigenvalue weighted by Gasteiger charge is -2.07. The molecular formula is C14H34NO4P. The van der Waals surface area contributed by atoms with Gasteiger partial charge < -0.3 is 24.3 Å². The van der Waals surface area contributed by atoms with Gasteiger partial charge in [-0.2, -0.15) is 0 Å². The van der Waals surface area contributed by atoms with Crippen LogP contribution in [-0.2, 0) is 18.9 Å². The first-order valence-electron chi connectivity index (χ1n) is 7.52. The third kappa shape index (κ3) is 23.3. The van der Waals surface area contributed by atoms with E-state index >= 15 is 0 Å². The molecule has 20 heavy (non-hydrogen) atoms. The van der Waals surface area contributed by atoms with Crippen LogP contribution in [0.25, 0.3) is 0 Å². The molecule has 1 unspecified atom stereocenters. The van der Waals surface area contributed by atoms with Crippen LogP contribution in [0.2, 0.25) is 0 Å². The molecule has 0 aliphatic carbocycles. The van der Waals surface area contributed by atoms with E-state index in [1.807, 2.05) is 20.9 Å². The number of hydrogen-bond donors (Lipinski definition) is 1. The van der Waals surface area contributed by atoms with Gasteiger partial charge >= 0.3 is 0 Å². The van der Waals surface area contributed by atoms with Crippen molar-refractivity contribution in [3.63, 3.8) is 0 Å². The van der Waals surface area contributed by atoms with Crippen molar-refractivity contribution in [2.75, 3.05) is 79.3 Å². The summed E-state index contributed by atoms with van der Waals surface area (Å²) in [6.07, 6.45) is 1.15. The molecule has 5 nitrogen and oxygen atoms in total. The van der Waals surface area contributed by atoms with Gasteiger partial charge in [-0.25, -0.2) is 0 Å². The van der Waals surface area contributed by atoms with E-state index in [9.17, 15) is 0 Å². The van der Waals surface area contributed by atoms with E-state index in [0.717, 1.165) is 34.5 Å². The van der Waals surface area contributed by atoms with E-state index in [-0.39, 0.29) is 0 Å². The minimum atomic E-state index is 0.617. The zero-order valence-corrected chi connectivity index (χ0v) is 14.7. The lowest BCUT2D eigenvalue weighted by molar-refractivity contribution is 0.000228. The van der Waals surface area contributed by atoms with Crippen LogP contribution >= 0.6 is 8.58 Å². The fourth-order valence-electron chi connectivity index (χ4n) is 1.11. The summed E-state index contributed by atoms with van der Waals surface area (Å²) in [6.45, 7) is 12.5. The van der Waals surface area contributed by atoms with Gasteiger partial charge in [-0.15, -0.1) is 8.58 Å². The van der Waals surface area contributed by atoms with E-state index in [1.165, 1.54) is 0 Å². The second-order valence-electron chi connectivity index (χ2n) is 3.66. The van der Waals surface area contributed by atoms with E-state index in [1.54, 1.807) is 0 Å². The van der Waals surface area contributed by atoms with Crippen LogP contribution in [0.1, 0.15) is 13.8 Å². The number of hydrogen-bond acceptors (Lipinski definition) is 5. The fourth-order valence-corrected chi connectivity index (χ4v) is 1.46. The van der Waals surface area contributed by atoms with Crippen molar-refractivity contribution in [3.05, 3.63) is 0 Å². The molecule has 1 N–H and O–H groups in total. The minimum Gasteiger partial charge on any atom is -0.379 e. The summed E-state index contributed by atoms with van der Waals surface area (Å²) in [5.41, 5.74) is 0.